The molecule has 2 aromatic rings. The molecule has 2 rings (SSSR count). The van der Waals surface area contributed by atoms with Crippen molar-refractivity contribution in [1.82, 2.24) is 14.8 Å². The van der Waals surface area contributed by atoms with Crippen molar-refractivity contribution in [1.29, 1.82) is 0 Å². The third kappa shape index (κ3) is 2.73. The second kappa shape index (κ2) is 5.73. The molecule has 1 aromatic heterocycles. The Morgan fingerprint density at radius 1 is 1.28 bits per heavy atom. The summed E-state index contributed by atoms with van der Waals surface area (Å²) in [6.07, 6.45) is 1.45. The van der Waals surface area contributed by atoms with Gasteiger partial charge in [0, 0.05) is 13.0 Å². The van der Waals surface area contributed by atoms with Crippen molar-refractivity contribution in [2.75, 3.05) is 0 Å². The molecule has 0 amide bonds. The van der Waals surface area contributed by atoms with E-state index in [-0.39, 0.29) is 12.4 Å². The Morgan fingerprint density at radius 2 is 2.06 bits per heavy atom. The van der Waals surface area contributed by atoms with Gasteiger partial charge >= 0.3 is 0 Å². The van der Waals surface area contributed by atoms with E-state index in [9.17, 15) is 9.50 Å². The smallest absolute Gasteiger partial charge is 0.158 e. The van der Waals surface area contributed by atoms with Gasteiger partial charge < -0.3 is 9.67 Å². The molecule has 0 atom stereocenters. The number of rotatable bonds is 5. The summed E-state index contributed by atoms with van der Waals surface area (Å²) in [5.74, 6) is 1.06. The predicted octanol–water partition coefficient (Wildman–Crippen LogP) is 1.91. The van der Waals surface area contributed by atoms with E-state index in [1.807, 2.05) is 17.6 Å². The molecule has 0 radical (unpaired) electrons. The Hall–Kier alpha value is -1.75. The molecule has 5 heteroatoms. The maximum Gasteiger partial charge on any atom is 0.158 e. The van der Waals surface area contributed by atoms with Gasteiger partial charge in [-0.1, -0.05) is 19.1 Å². The summed E-state index contributed by atoms with van der Waals surface area (Å²) >= 11 is 0. The summed E-state index contributed by atoms with van der Waals surface area (Å²) in [5, 5.41) is 17.2. The fraction of sp³-hybridized carbons (Fsp3) is 0.385. The molecule has 0 bridgehead atoms. The lowest BCUT2D eigenvalue weighted by Crippen LogP contribution is -2.08. The SMILES string of the molecule is CCCn1c(CO)nnc1Cc1cccc(F)c1. The maximum atomic E-state index is 13.1. The molecule has 0 saturated heterocycles. The van der Waals surface area contributed by atoms with Crippen LogP contribution >= 0.6 is 0 Å². The number of halogens is 1. The van der Waals surface area contributed by atoms with Crippen molar-refractivity contribution < 1.29 is 9.50 Å². The van der Waals surface area contributed by atoms with Gasteiger partial charge in [-0.25, -0.2) is 4.39 Å². The zero-order valence-corrected chi connectivity index (χ0v) is 10.3. The Morgan fingerprint density at radius 3 is 2.72 bits per heavy atom. The molecule has 4 nitrogen and oxygen atoms in total. The standard InChI is InChI=1S/C13H16FN3O/c1-2-6-17-12(15-16-13(17)9-18)8-10-4-3-5-11(14)7-10/h3-5,7,18H,2,6,8-9H2,1H3. The number of hydrogen-bond donors (Lipinski definition) is 1. The van der Waals surface area contributed by atoms with Crippen LogP contribution in [0.15, 0.2) is 24.3 Å². The van der Waals surface area contributed by atoms with Crippen LogP contribution in [0.5, 0.6) is 0 Å². The summed E-state index contributed by atoms with van der Waals surface area (Å²) in [7, 11) is 0. The van der Waals surface area contributed by atoms with Gasteiger partial charge in [-0.15, -0.1) is 10.2 Å². The Balaban J connectivity index is 2.25. The van der Waals surface area contributed by atoms with Crippen LogP contribution < -0.4 is 0 Å². The first-order valence-electron chi connectivity index (χ1n) is 6.00. The second-order valence-corrected chi connectivity index (χ2v) is 4.15. The molecule has 96 valence electrons. The van der Waals surface area contributed by atoms with Gasteiger partial charge in [0.05, 0.1) is 0 Å². The Bertz CT molecular complexity index is 525. The molecule has 0 aliphatic carbocycles. The Labute approximate surface area is 105 Å². The van der Waals surface area contributed by atoms with E-state index < -0.39 is 0 Å². The molecule has 0 aliphatic heterocycles. The molecule has 0 spiro atoms. The van der Waals surface area contributed by atoms with Crippen molar-refractivity contribution in [3.63, 3.8) is 0 Å². The van der Waals surface area contributed by atoms with E-state index in [1.54, 1.807) is 6.07 Å². The molecule has 1 heterocycles. The van der Waals surface area contributed by atoms with Crippen LogP contribution in [0, 0.1) is 5.82 Å². The first-order valence-corrected chi connectivity index (χ1v) is 6.00. The normalized spacial score (nSPS) is 10.8. The maximum absolute atomic E-state index is 13.1. The molecule has 0 fully saturated rings. The number of aliphatic hydroxyl groups excluding tert-OH is 1. The average molecular weight is 249 g/mol. The zero-order chi connectivity index (χ0) is 13.0. The quantitative estimate of drug-likeness (QED) is 0.880. The van der Waals surface area contributed by atoms with Gasteiger partial charge in [-0.3, -0.25) is 0 Å². The van der Waals surface area contributed by atoms with Crippen LogP contribution in [-0.4, -0.2) is 19.9 Å². The topological polar surface area (TPSA) is 50.9 Å². The monoisotopic (exact) mass is 249 g/mol. The van der Waals surface area contributed by atoms with Crippen molar-refractivity contribution in [2.24, 2.45) is 0 Å². The second-order valence-electron chi connectivity index (χ2n) is 4.15. The van der Waals surface area contributed by atoms with Gasteiger partial charge in [0.1, 0.15) is 18.2 Å². The molecule has 0 aliphatic rings. The highest BCUT2D eigenvalue weighted by atomic mass is 19.1. The fourth-order valence-electron chi connectivity index (χ4n) is 1.93. The highest BCUT2D eigenvalue weighted by Gasteiger charge is 2.11. The lowest BCUT2D eigenvalue weighted by atomic mass is 10.1. The summed E-state index contributed by atoms with van der Waals surface area (Å²) < 4.78 is 15.0. The van der Waals surface area contributed by atoms with Gasteiger partial charge in [0.25, 0.3) is 0 Å². The van der Waals surface area contributed by atoms with Crippen LogP contribution in [-0.2, 0) is 19.6 Å². The molecule has 1 N–H and O–H groups in total. The summed E-state index contributed by atoms with van der Waals surface area (Å²) in [6, 6.07) is 6.44. The van der Waals surface area contributed by atoms with E-state index in [0.29, 0.717) is 12.2 Å². The van der Waals surface area contributed by atoms with E-state index in [2.05, 4.69) is 10.2 Å². The first-order chi connectivity index (χ1) is 8.74. The minimum absolute atomic E-state index is 0.129. The van der Waals surface area contributed by atoms with Crippen LogP contribution in [0.4, 0.5) is 4.39 Å². The van der Waals surface area contributed by atoms with Crippen molar-refractivity contribution in [2.45, 2.75) is 32.9 Å². The van der Waals surface area contributed by atoms with Gasteiger partial charge in [-0.2, -0.15) is 0 Å². The van der Waals surface area contributed by atoms with Gasteiger partial charge in [0.2, 0.25) is 0 Å². The highest BCUT2D eigenvalue weighted by molar-refractivity contribution is 5.20. The number of nitrogens with zero attached hydrogens (tertiary/aromatic N) is 3. The van der Waals surface area contributed by atoms with Crippen LogP contribution in [0.2, 0.25) is 0 Å². The molecule has 18 heavy (non-hydrogen) atoms. The minimum Gasteiger partial charge on any atom is -0.388 e. The largest absolute Gasteiger partial charge is 0.388 e. The lowest BCUT2D eigenvalue weighted by Gasteiger charge is -2.07. The van der Waals surface area contributed by atoms with Crippen LogP contribution in [0.25, 0.3) is 0 Å². The zero-order valence-electron chi connectivity index (χ0n) is 10.3. The first kappa shape index (κ1) is 12.7. The molecular weight excluding hydrogens is 233 g/mol. The summed E-state index contributed by atoms with van der Waals surface area (Å²) in [6.45, 7) is 2.68. The van der Waals surface area contributed by atoms with Crippen LogP contribution in [0.1, 0.15) is 30.6 Å². The van der Waals surface area contributed by atoms with E-state index >= 15 is 0 Å². The van der Waals surface area contributed by atoms with Crippen molar-refractivity contribution in [3.8, 4) is 0 Å². The predicted molar refractivity (Wildman–Crippen MR) is 65.4 cm³/mol. The third-order valence-electron chi connectivity index (χ3n) is 2.74. The third-order valence-corrected chi connectivity index (χ3v) is 2.74. The van der Waals surface area contributed by atoms with Crippen molar-refractivity contribution in [3.05, 3.63) is 47.3 Å². The number of aliphatic hydroxyl groups is 1. The van der Waals surface area contributed by atoms with Gasteiger partial charge in [-0.05, 0) is 24.1 Å². The fourth-order valence-corrected chi connectivity index (χ4v) is 1.93. The summed E-state index contributed by atoms with van der Waals surface area (Å²) in [4.78, 5) is 0. The Kier molecular flexibility index (Phi) is 4.04. The molecule has 0 saturated carbocycles. The highest BCUT2D eigenvalue weighted by Crippen LogP contribution is 2.11. The van der Waals surface area contributed by atoms with Crippen LogP contribution in [0.3, 0.4) is 0 Å². The van der Waals surface area contributed by atoms with E-state index in [1.165, 1.54) is 12.1 Å². The van der Waals surface area contributed by atoms with Crippen molar-refractivity contribution >= 4 is 0 Å². The summed E-state index contributed by atoms with van der Waals surface area (Å²) in [5.41, 5.74) is 0.851. The van der Waals surface area contributed by atoms with E-state index in [4.69, 9.17) is 0 Å². The van der Waals surface area contributed by atoms with E-state index in [0.717, 1.165) is 24.4 Å². The molecule has 0 unspecified atom stereocenters. The van der Waals surface area contributed by atoms with Gasteiger partial charge in [0.15, 0.2) is 5.82 Å². The number of benzene rings is 1. The molecule has 1 aromatic carbocycles. The number of hydrogen-bond acceptors (Lipinski definition) is 3. The molecular formula is C13H16FN3O. The average Bonchev–Trinajstić information content (AvgIpc) is 2.72. The minimum atomic E-state index is -0.253. The number of aromatic nitrogens is 3. The lowest BCUT2D eigenvalue weighted by molar-refractivity contribution is 0.264.